The predicted octanol–water partition coefficient (Wildman–Crippen LogP) is 2.56. The normalized spacial score (nSPS) is 15.2. The molecule has 1 atom stereocenters. The van der Waals surface area contributed by atoms with Crippen molar-refractivity contribution in [2.45, 2.75) is 32.0 Å². The number of hydrogen-bond acceptors (Lipinski definition) is 9. The molecule has 1 aliphatic rings. The summed E-state index contributed by atoms with van der Waals surface area (Å²) in [5.74, 6) is 1.86. The Morgan fingerprint density at radius 1 is 0.955 bits per heavy atom. The van der Waals surface area contributed by atoms with E-state index in [4.69, 9.17) is 23.9 Å². The smallest absolute Gasteiger partial charge is 0.350 e. The quantitative estimate of drug-likeness (QED) is 0.226. The zero-order chi connectivity index (χ0) is 30.6. The number of benzene rings is 2. The van der Waals surface area contributed by atoms with Gasteiger partial charge in [-0.1, -0.05) is 12.1 Å². The Kier molecular flexibility index (Phi) is 8.62. The topological polar surface area (TPSA) is 114 Å². The van der Waals surface area contributed by atoms with E-state index in [9.17, 15) is 9.59 Å². The molecule has 3 aromatic heterocycles. The third kappa shape index (κ3) is 5.90. The van der Waals surface area contributed by atoms with Crippen LogP contribution in [-0.4, -0.2) is 77.5 Å². The lowest BCUT2D eigenvalue weighted by molar-refractivity contribution is -0.0100. The summed E-state index contributed by atoms with van der Waals surface area (Å²) in [5.41, 5.74) is 2.78. The van der Waals surface area contributed by atoms with Gasteiger partial charge < -0.3 is 23.8 Å². The van der Waals surface area contributed by atoms with E-state index >= 15 is 0 Å². The SMILES string of the molecule is COC[C@@H]1CN(c2ccc3c(=O)n(CCc4ccc(OC)c(OC)c4)c(CCn4nc5ccccn5c4=O)nc3c2)CCO1. The Morgan fingerprint density at radius 2 is 1.82 bits per heavy atom. The lowest BCUT2D eigenvalue weighted by Crippen LogP contribution is -2.44. The van der Waals surface area contributed by atoms with Gasteiger partial charge in [0, 0.05) is 45.0 Å². The van der Waals surface area contributed by atoms with Crippen molar-refractivity contribution in [2.24, 2.45) is 0 Å². The summed E-state index contributed by atoms with van der Waals surface area (Å²) in [6.45, 7) is 3.20. The van der Waals surface area contributed by atoms with Crippen LogP contribution in [0, 0.1) is 0 Å². The number of nitrogens with zero attached hydrogens (tertiary/aromatic N) is 6. The van der Waals surface area contributed by atoms with Gasteiger partial charge in [-0.2, -0.15) is 0 Å². The number of hydrogen-bond donors (Lipinski definition) is 0. The van der Waals surface area contributed by atoms with Crippen LogP contribution in [0.25, 0.3) is 16.6 Å². The molecule has 0 aliphatic carbocycles. The fourth-order valence-corrected chi connectivity index (χ4v) is 5.71. The molecule has 1 aliphatic heterocycles. The van der Waals surface area contributed by atoms with Crippen molar-refractivity contribution < 1.29 is 18.9 Å². The molecular formula is C32H36N6O6. The van der Waals surface area contributed by atoms with Crippen LogP contribution in [0.4, 0.5) is 5.69 Å². The standard InChI is InChI=1S/C32H36N6O6/c1-41-21-24-20-35(16-17-44-24)23-8-9-25-26(19-23)33-29(12-15-38-32(40)37-13-5-4-6-30(37)34-38)36(31(25)39)14-11-22-7-10-27(42-2)28(18-22)43-3/h4-10,13,18-19,24H,11-12,14-17,20-21H2,1-3H3/t24-/m0/s1. The number of ether oxygens (including phenoxy) is 4. The van der Waals surface area contributed by atoms with Gasteiger partial charge in [0.1, 0.15) is 5.82 Å². The molecule has 0 N–H and O–H groups in total. The van der Waals surface area contributed by atoms with E-state index in [2.05, 4.69) is 10.00 Å². The predicted molar refractivity (Wildman–Crippen MR) is 166 cm³/mol. The van der Waals surface area contributed by atoms with Gasteiger partial charge in [-0.25, -0.2) is 14.5 Å². The van der Waals surface area contributed by atoms with Crippen LogP contribution in [0.2, 0.25) is 0 Å². The molecule has 0 bridgehead atoms. The van der Waals surface area contributed by atoms with E-state index in [1.54, 1.807) is 44.2 Å². The number of aryl methyl sites for hydroxylation is 3. The molecule has 0 spiro atoms. The molecule has 1 fully saturated rings. The van der Waals surface area contributed by atoms with Crippen LogP contribution in [0.5, 0.6) is 11.5 Å². The first kappa shape index (κ1) is 29.4. The van der Waals surface area contributed by atoms with Crippen molar-refractivity contribution in [3.8, 4) is 11.5 Å². The molecule has 230 valence electrons. The molecule has 5 aromatic rings. The molecule has 0 amide bonds. The highest BCUT2D eigenvalue weighted by atomic mass is 16.5. The van der Waals surface area contributed by atoms with Crippen LogP contribution in [-0.2, 0) is 35.4 Å². The van der Waals surface area contributed by atoms with Gasteiger partial charge in [0.25, 0.3) is 5.56 Å². The molecule has 12 nitrogen and oxygen atoms in total. The van der Waals surface area contributed by atoms with Gasteiger partial charge in [-0.3, -0.25) is 13.8 Å². The molecule has 2 aromatic carbocycles. The zero-order valence-corrected chi connectivity index (χ0v) is 25.1. The molecule has 4 heterocycles. The lowest BCUT2D eigenvalue weighted by atomic mass is 10.1. The number of anilines is 1. The van der Waals surface area contributed by atoms with Gasteiger partial charge in [0.05, 0.1) is 51.0 Å². The Morgan fingerprint density at radius 3 is 2.61 bits per heavy atom. The highest BCUT2D eigenvalue weighted by molar-refractivity contribution is 5.81. The van der Waals surface area contributed by atoms with Crippen LogP contribution in [0.15, 0.2) is 70.4 Å². The Balaban J connectivity index is 1.35. The van der Waals surface area contributed by atoms with Crippen LogP contribution < -0.4 is 25.6 Å². The molecule has 0 unspecified atom stereocenters. The zero-order valence-electron chi connectivity index (χ0n) is 25.1. The summed E-state index contributed by atoms with van der Waals surface area (Å²) in [7, 11) is 4.86. The van der Waals surface area contributed by atoms with E-state index in [1.165, 1.54) is 9.08 Å². The van der Waals surface area contributed by atoms with Gasteiger partial charge in [0.15, 0.2) is 17.1 Å². The van der Waals surface area contributed by atoms with Gasteiger partial charge in [-0.05, 0) is 54.4 Å². The molecular weight excluding hydrogens is 564 g/mol. The maximum absolute atomic E-state index is 14.0. The van der Waals surface area contributed by atoms with Gasteiger partial charge >= 0.3 is 5.69 Å². The first-order valence-electron chi connectivity index (χ1n) is 14.6. The Labute approximate surface area is 254 Å². The van der Waals surface area contributed by atoms with E-state index in [0.717, 1.165) is 17.8 Å². The number of methoxy groups -OCH3 is 3. The highest BCUT2D eigenvalue weighted by Gasteiger charge is 2.22. The minimum absolute atomic E-state index is 0.0266. The van der Waals surface area contributed by atoms with Gasteiger partial charge in [0.2, 0.25) is 0 Å². The lowest BCUT2D eigenvalue weighted by Gasteiger charge is -2.34. The van der Waals surface area contributed by atoms with Crippen molar-refractivity contribution in [2.75, 3.05) is 52.5 Å². The van der Waals surface area contributed by atoms with Gasteiger partial charge in [-0.15, -0.1) is 5.10 Å². The monoisotopic (exact) mass is 600 g/mol. The first-order chi connectivity index (χ1) is 21.5. The summed E-state index contributed by atoms with van der Waals surface area (Å²) >= 11 is 0. The highest BCUT2D eigenvalue weighted by Crippen LogP contribution is 2.28. The van der Waals surface area contributed by atoms with Crippen molar-refractivity contribution >= 4 is 22.2 Å². The first-order valence-corrected chi connectivity index (χ1v) is 14.6. The maximum Gasteiger partial charge on any atom is 0.350 e. The number of aromatic nitrogens is 5. The minimum atomic E-state index is -0.235. The maximum atomic E-state index is 14.0. The summed E-state index contributed by atoms with van der Waals surface area (Å²) in [5, 5.41) is 5.00. The van der Waals surface area contributed by atoms with E-state index in [1.807, 2.05) is 42.5 Å². The molecule has 1 saturated heterocycles. The van der Waals surface area contributed by atoms with E-state index in [0.29, 0.717) is 73.0 Å². The average molecular weight is 601 g/mol. The van der Waals surface area contributed by atoms with Crippen molar-refractivity contribution in [1.29, 1.82) is 0 Å². The Bertz CT molecular complexity index is 1890. The summed E-state index contributed by atoms with van der Waals surface area (Å²) in [4.78, 5) is 34.2. The summed E-state index contributed by atoms with van der Waals surface area (Å²) < 4.78 is 26.6. The second kappa shape index (κ2) is 12.9. The second-order valence-corrected chi connectivity index (χ2v) is 10.7. The average Bonchev–Trinajstić information content (AvgIpc) is 3.38. The van der Waals surface area contributed by atoms with Crippen LogP contribution >= 0.6 is 0 Å². The number of rotatable bonds is 11. The van der Waals surface area contributed by atoms with E-state index < -0.39 is 0 Å². The molecule has 0 radical (unpaired) electrons. The molecule has 44 heavy (non-hydrogen) atoms. The fraction of sp³-hybridized carbons (Fsp3) is 0.375. The third-order valence-corrected chi connectivity index (χ3v) is 7.98. The van der Waals surface area contributed by atoms with E-state index in [-0.39, 0.29) is 23.9 Å². The van der Waals surface area contributed by atoms with Crippen LogP contribution in [0.3, 0.4) is 0 Å². The Hall–Kier alpha value is -4.68. The van der Waals surface area contributed by atoms with Crippen molar-refractivity contribution in [1.82, 2.24) is 23.7 Å². The third-order valence-electron chi connectivity index (χ3n) is 7.98. The summed E-state index contributed by atoms with van der Waals surface area (Å²) in [6, 6.07) is 16.9. The number of fused-ring (bicyclic) bond motifs is 2. The van der Waals surface area contributed by atoms with Crippen LogP contribution in [0.1, 0.15) is 11.4 Å². The molecule has 12 heteroatoms. The molecule has 6 rings (SSSR count). The van der Waals surface area contributed by atoms with Crippen molar-refractivity contribution in [3.05, 3.63) is 93.0 Å². The second-order valence-electron chi connectivity index (χ2n) is 10.7. The largest absolute Gasteiger partial charge is 0.493 e. The fourth-order valence-electron chi connectivity index (χ4n) is 5.71. The van der Waals surface area contributed by atoms with Crippen molar-refractivity contribution in [3.63, 3.8) is 0 Å². The molecule has 0 saturated carbocycles. The number of morpholine rings is 1. The summed E-state index contributed by atoms with van der Waals surface area (Å²) in [6.07, 6.45) is 2.58. The minimum Gasteiger partial charge on any atom is -0.493 e. The number of pyridine rings is 1.